The molecule has 3 amide bonds. The molecular formula is C24H33BrN4O3. The Kier molecular flexibility index (Phi) is 7.51. The highest BCUT2D eigenvalue weighted by molar-refractivity contribution is 9.10. The molecule has 7 nitrogen and oxygen atoms in total. The summed E-state index contributed by atoms with van der Waals surface area (Å²) in [7, 11) is 0. The summed E-state index contributed by atoms with van der Waals surface area (Å²) in [5.74, 6) is 0.734. The molecule has 174 valence electrons. The molecule has 0 radical (unpaired) electrons. The fourth-order valence-electron chi connectivity index (χ4n) is 5.37. The van der Waals surface area contributed by atoms with E-state index in [-0.39, 0.29) is 23.8 Å². The van der Waals surface area contributed by atoms with Crippen molar-refractivity contribution in [2.45, 2.75) is 38.6 Å². The molecule has 0 unspecified atom stereocenters. The van der Waals surface area contributed by atoms with Gasteiger partial charge in [-0.1, -0.05) is 34.8 Å². The van der Waals surface area contributed by atoms with Crippen molar-refractivity contribution in [1.29, 1.82) is 0 Å². The molecule has 2 saturated heterocycles. The quantitative estimate of drug-likeness (QED) is 0.631. The summed E-state index contributed by atoms with van der Waals surface area (Å²) >= 11 is 3.44. The smallest absolute Gasteiger partial charge is 0.253 e. The van der Waals surface area contributed by atoms with Crippen LogP contribution in [0.25, 0.3) is 0 Å². The van der Waals surface area contributed by atoms with E-state index in [4.69, 9.17) is 0 Å². The van der Waals surface area contributed by atoms with Crippen molar-refractivity contribution in [2.75, 3.05) is 52.4 Å². The average molecular weight is 505 g/mol. The van der Waals surface area contributed by atoms with Crippen LogP contribution >= 0.6 is 15.9 Å². The standard InChI is InChI=1S/C24H33BrN4O3/c1-18(30)26-9-13-29(14-10-26)24(32)22(19-5-2-3-6-19)27-11-15-28(16-12-27)23(31)20-7-4-8-21(25)17-20/h4,7-8,17,19,22H,2-3,5-6,9-16H2,1H3/t22-/m0/s1. The van der Waals surface area contributed by atoms with Gasteiger partial charge < -0.3 is 14.7 Å². The number of piperazine rings is 2. The fourth-order valence-corrected chi connectivity index (χ4v) is 5.76. The summed E-state index contributed by atoms with van der Waals surface area (Å²) in [6.07, 6.45) is 4.57. The molecule has 1 aromatic rings. The topological polar surface area (TPSA) is 64.2 Å². The molecule has 0 spiro atoms. The number of halogens is 1. The SMILES string of the molecule is CC(=O)N1CCN(C(=O)[C@H](C2CCCC2)N2CCN(C(=O)c3cccc(Br)c3)CC2)CC1. The third-order valence-electron chi connectivity index (χ3n) is 7.20. The number of carbonyl (C=O) groups excluding carboxylic acids is 3. The van der Waals surface area contributed by atoms with Gasteiger partial charge in [0.15, 0.2) is 0 Å². The van der Waals surface area contributed by atoms with Crippen LogP contribution in [0.1, 0.15) is 43.0 Å². The molecule has 0 bridgehead atoms. The minimum Gasteiger partial charge on any atom is -0.339 e. The number of nitrogens with zero attached hydrogens (tertiary/aromatic N) is 4. The van der Waals surface area contributed by atoms with Gasteiger partial charge in [0.1, 0.15) is 0 Å². The summed E-state index contributed by atoms with van der Waals surface area (Å²) in [5, 5.41) is 0. The molecule has 1 aliphatic carbocycles. The molecule has 0 aromatic heterocycles. The molecule has 1 atom stereocenters. The van der Waals surface area contributed by atoms with Gasteiger partial charge in [0.05, 0.1) is 6.04 Å². The predicted octanol–water partition coefficient (Wildman–Crippen LogP) is 2.46. The number of benzene rings is 1. The van der Waals surface area contributed by atoms with E-state index < -0.39 is 0 Å². The minimum absolute atomic E-state index is 0.0510. The number of amides is 3. The van der Waals surface area contributed by atoms with Crippen molar-refractivity contribution >= 4 is 33.7 Å². The second-order valence-corrected chi connectivity index (χ2v) is 10.1. The Morgan fingerprint density at radius 3 is 2.06 bits per heavy atom. The fraction of sp³-hybridized carbons (Fsp3) is 0.625. The highest BCUT2D eigenvalue weighted by atomic mass is 79.9. The molecule has 1 aromatic carbocycles. The zero-order chi connectivity index (χ0) is 22.7. The molecule has 8 heteroatoms. The second-order valence-electron chi connectivity index (χ2n) is 9.16. The van der Waals surface area contributed by atoms with E-state index in [1.807, 2.05) is 39.0 Å². The molecule has 3 aliphatic rings. The van der Waals surface area contributed by atoms with Gasteiger partial charge in [-0.2, -0.15) is 0 Å². The molecule has 0 N–H and O–H groups in total. The van der Waals surface area contributed by atoms with Crippen LogP contribution in [0.4, 0.5) is 0 Å². The zero-order valence-electron chi connectivity index (χ0n) is 18.8. The third-order valence-corrected chi connectivity index (χ3v) is 7.70. The molecule has 2 heterocycles. The maximum Gasteiger partial charge on any atom is 0.253 e. The monoisotopic (exact) mass is 504 g/mol. The van der Waals surface area contributed by atoms with Gasteiger partial charge in [0.2, 0.25) is 11.8 Å². The Hall–Kier alpha value is -1.93. The normalized spacial score (nSPS) is 21.6. The molecule has 1 saturated carbocycles. The Morgan fingerprint density at radius 2 is 1.47 bits per heavy atom. The first-order chi connectivity index (χ1) is 15.4. The van der Waals surface area contributed by atoms with Crippen LogP contribution in [0.3, 0.4) is 0 Å². The first-order valence-electron chi connectivity index (χ1n) is 11.8. The molecule has 2 aliphatic heterocycles. The van der Waals surface area contributed by atoms with Crippen LogP contribution in [0.15, 0.2) is 28.7 Å². The minimum atomic E-state index is -0.107. The van der Waals surface area contributed by atoms with Crippen molar-refractivity contribution in [3.05, 3.63) is 34.3 Å². The van der Waals surface area contributed by atoms with Gasteiger partial charge in [-0.15, -0.1) is 0 Å². The molecule has 3 fully saturated rings. The highest BCUT2D eigenvalue weighted by Crippen LogP contribution is 2.32. The Balaban J connectivity index is 1.40. The maximum atomic E-state index is 13.6. The zero-order valence-corrected chi connectivity index (χ0v) is 20.4. The van der Waals surface area contributed by atoms with Gasteiger partial charge in [-0.05, 0) is 37.0 Å². The summed E-state index contributed by atoms with van der Waals surface area (Å²) in [6.45, 7) is 6.78. The van der Waals surface area contributed by atoms with Crippen LogP contribution < -0.4 is 0 Å². The van der Waals surface area contributed by atoms with E-state index >= 15 is 0 Å². The summed E-state index contributed by atoms with van der Waals surface area (Å²) in [6, 6.07) is 7.41. The van der Waals surface area contributed by atoms with Crippen molar-refractivity contribution in [3.8, 4) is 0 Å². The highest BCUT2D eigenvalue weighted by Gasteiger charge is 2.40. The van der Waals surface area contributed by atoms with E-state index in [0.717, 1.165) is 30.4 Å². The molecular weight excluding hydrogens is 472 g/mol. The van der Waals surface area contributed by atoms with Crippen LogP contribution in [0, 0.1) is 5.92 Å². The molecule has 32 heavy (non-hydrogen) atoms. The van der Waals surface area contributed by atoms with E-state index in [9.17, 15) is 14.4 Å². The van der Waals surface area contributed by atoms with Crippen molar-refractivity contribution < 1.29 is 14.4 Å². The van der Waals surface area contributed by atoms with Gasteiger partial charge in [0.25, 0.3) is 5.91 Å². The van der Waals surface area contributed by atoms with Crippen molar-refractivity contribution in [3.63, 3.8) is 0 Å². The maximum absolute atomic E-state index is 13.6. The van der Waals surface area contributed by atoms with Crippen molar-refractivity contribution in [1.82, 2.24) is 19.6 Å². The van der Waals surface area contributed by atoms with E-state index in [0.29, 0.717) is 50.7 Å². The van der Waals surface area contributed by atoms with Crippen LogP contribution in [0.2, 0.25) is 0 Å². The van der Waals surface area contributed by atoms with E-state index in [2.05, 4.69) is 20.8 Å². The summed E-state index contributed by atoms with van der Waals surface area (Å²) < 4.78 is 0.902. The first-order valence-corrected chi connectivity index (χ1v) is 12.6. The van der Waals surface area contributed by atoms with Gasteiger partial charge in [0, 0.05) is 69.3 Å². The van der Waals surface area contributed by atoms with Gasteiger partial charge in [-0.3, -0.25) is 19.3 Å². The van der Waals surface area contributed by atoms with E-state index in [1.54, 1.807) is 6.92 Å². The average Bonchev–Trinajstić information content (AvgIpc) is 3.33. The first kappa shape index (κ1) is 23.2. The largest absolute Gasteiger partial charge is 0.339 e. The lowest BCUT2D eigenvalue weighted by Gasteiger charge is -2.44. The van der Waals surface area contributed by atoms with E-state index in [1.165, 1.54) is 12.8 Å². The Labute approximate surface area is 198 Å². The third kappa shape index (κ3) is 5.17. The second kappa shape index (κ2) is 10.3. The van der Waals surface area contributed by atoms with Gasteiger partial charge in [-0.25, -0.2) is 0 Å². The van der Waals surface area contributed by atoms with Crippen molar-refractivity contribution in [2.24, 2.45) is 5.92 Å². The lowest BCUT2D eigenvalue weighted by Crippen LogP contribution is -2.60. The molecule has 4 rings (SSSR count). The lowest BCUT2D eigenvalue weighted by molar-refractivity contribution is -0.144. The number of rotatable bonds is 4. The summed E-state index contributed by atoms with van der Waals surface area (Å²) in [4.78, 5) is 46.2. The summed E-state index contributed by atoms with van der Waals surface area (Å²) in [5.41, 5.74) is 0.694. The lowest BCUT2D eigenvalue weighted by atomic mass is 9.94. The Bertz CT molecular complexity index is 841. The predicted molar refractivity (Wildman–Crippen MR) is 126 cm³/mol. The number of hydrogen-bond acceptors (Lipinski definition) is 4. The van der Waals surface area contributed by atoms with Crippen LogP contribution in [-0.4, -0.2) is 95.7 Å². The van der Waals surface area contributed by atoms with Gasteiger partial charge >= 0.3 is 0 Å². The Morgan fingerprint density at radius 1 is 0.875 bits per heavy atom. The van der Waals surface area contributed by atoms with Crippen LogP contribution in [-0.2, 0) is 9.59 Å². The van der Waals surface area contributed by atoms with Crippen LogP contribution in [0.5, 0.6) is 0 Å². The number of carbonyl (C=O) groups is 3. The number of hydrogen-bond donors (Lipinski definition) is 0.